The Morgan fingerprint density at radius 1 is 1.29 bits per heavy atom. The highest BCUT2D eigenvalue weighted by Gasteiger charge is 2.37. The van der Waals surface area contributed by atoms with Crippen molar-refractivity contribution in [1.29, 1.82) is 0 Å². The Morgan fingerprint density at radius 2 is 2.00 bits per heavy atom. The van der Waals surface area contributed by atoms with Gasteiger partial charge >= 0.3 is 0 Å². The Balaban J connectivity index is 1.64. The van der Waals surface area contributed by atoms with Crippen molar-refractivity contribution >= 4 is 15.7 Å². The molecule has 2 aliphatic heterocycles. The van der Waals surface area contributed by atoms with Crippen LogP contribution in [0.1, 0.15) is 5.56 Å². The van der Waals surface area contributed by atoms with Gasteiger partial charge in [0, 0.05) is 25.9 Å². The molecule has 2 atom stereocenters. The summed E-state index contributed by atoms with van der Waals surface area (Å²) >= 11 is 0. The van der Waals surface area contributed by atoms with Gasteiger partial charge < -0.3 is 10.1 Å². The van der Waals surface area contributed by atoms with Crippen LogP contribution in [-0.4, -0.2) is 57.3 Å². The van der Waals surface area contributed by atoms with Crippen LogP contribution in [0.25, 0.3) is 0 Å². The van der Waals surface area contributed by atoms with E-state index in [1.807, 2.05) is 12.1 Å². The maximum absolute atomic E-state index is 11.4. The SMILES string of the molecule is CS(=O)(=O)c1ccc(CN2C[C@@H]3NC(=O)CO[C@H]3C2)cc1. The number of fused-ring (bicyclic) bond motifs is 1. The topological polar surface area (TPSA) is 75.7 Å². The van der Waals surface area contributed by atoms with Crippen molar-refractivity contribution < 1.29 is 17.9 Å². The van der Waals surface area contributed by atoms with Crippen molar-refractivity contribution in [2.75, 3.05) is 26.0 Å². The molecule has 1 amide bonds. The van der Waals surface area contributed by atoms with Gasteiger partial charge in [-0.05, 0) is 17.7 Å². The summed E-state index contributed by atoms with van der Waals surface area (Å²) in [5.74, 6) is -0.0596. The monoisotopic (exact) mass is 310 g/mol. The van der Waals surface area contributed by atoms with Gasteiger partial charge in [-0.2, -0.15) is 0 Å². The molecule has 21 heavy (non-hydrogen) atoms. The third-order valence-corrected chi connectivity index (χ3v) is 5.00. The van der Waals surface area contributed by atoms with E-state index in [0.29, 0.717) is 4.90 Å². The van der Waals surface area contributed by atoms with Crippen LogP contribution >= 0.6 is 0 Å². The Labute approximate surface area is 124 Å². The minimum absolute atomic E-state index is 0.0537. The van der Waals surface area contributed by atoms with E-state index >= 15 is 0 Å². The number of nitrogens with one attached hydrogen (secondary N) is 1. The molecule has 1 N–H and O–H groups in total. The summed E-state index contributed by atoms with van der Waals surface area (Å²) in [7, 11) is -3.15. The zero-order valence-corrected chi connectivity index (χ0v) is 12.6. The van der Waals surface area contributed by atoms with Crippen LogP contribution in [0.15, 0.2) is 29.2 Å². The van der Waals surface area contributed by atoms with E-state index in [9.17, 15) is 13.2 Å². The summed E-state index contributed by atoms with van der Waals surface area (Å²) in [6.45, 7) is 2.39. The zero-order valence-electron chi connectivity index (χ0n) is 11.8. The number of hydrogen-bond donors (Lipinski definition) is 1. The molecule has 7 heteroatoms. The van der Waals surface area contributed by atoms with Crippen LogP contribution in [0.2, 0.25) is 0 Å². The maximum atomic E-state index is 11.4. The predicted molar refractivity (Wildman–Crippen MR) is 76.5 cm³/mol. The lowest BCUT2D eigenvalue weighted by atomic mass is 10.2. The van der Waals surface area contributed by atoms with Gasteiger partial charge in [-0.15, -0.1) is 0 Å². The zero-order chi connectivity index (χ0) is 15.0. The molecule has 0 aliphatic carbocycles. The first-order valence-corrected chi connectivity index (χ1v) is 8.73. The highest BCUT2D eigenvalue weighted by atomic mass is 32.2. The first-order valence-electron chi connectivity index (χ1n) is 6.84. The van der Waals surface area contributed by atoms with Gasteiger partial charge in [0.05, 0.1) is 17.0 Å². The molecule has 2 fully saturated rings. The van der Waals surface area contributed by atoms with Gasteiger partial charge in [-0.25, -0.2) is 8.42 Å². The molecular weight excluding hydrogens is 292 g/mol. The summed E-state index contributed by atoms with van der Waals surface area (Å²) in [5, 5.41) is 2.94. The average molecular weight is 310 g/mol. The fourth-order valence-corrected chi connectivity index (χ4v) is 3.45. The Kier molecular flexibility index (Phi) is 3.73. The molecule has 0 radical (unpaired) electrons. The maximum Gasteiger partial charge on any atom is 0.246 e. The molecule has 2 aliphatic rings. The number of benzene rings is 1. The number of carbonyl (C=O) groups is 1. The number of morpholine rings is 1. The van der Waals surface area contributed by atoms with Crippen LogP contribution in [-0.2, 0) is 25.9 Å². The molecule has 0 bridgehead atoms. The lowest BCUT2D eigenvalue weighted by molar-refractivity contribution is -0.134. The number of rotatable bonds is 3. The summed E-state index contributed by atoms with van der Waals surface area (Å²) in [4.78, 5) is 13.8. The van der Waals surface area contributed by atoms with Gasteiger partial charge in [0.2, 0.25) is 5.91 Å². The molecule has 1 aromatic rings. The van der Waals surface area contributed by atoms with Crippen molar-refractivity contribution in [2.24, 2.45) is 0 Å². The number of nitrogens with zero attached hydrogens (tertiary/aromatic N) is 1. The van der Waals surface area contributed by atoms with Crippen molar-refractivity contribution in [2.45, 2.75) is 23.6 Å². The fraction of sp³-hybridized carbons (Fsp3) is 0.500. The van der Waals surface area contributed by atoms with E-state index in [-0.39, 0.29) is 24.7 Å². The van der Waals surface area contributed by atoms with Gasteiger partial charge in [0.25, 0.3) is 0 Å². The fourth-order valence-electron chi connectivity index (χ4n) is 2.82. The minimum Gasteiger partial charge on any atom is -0.365 e. The van der Waals surface area contributed by atoms with E-state index in [1.165, 1.54) is 6.26 Å². The third kappa shape index (κ3) is 3.25. The van der Waals surface area contributed by atoms with E-state index in [4.69, 9.17) is 4.74 Å². The third-order valence-electron chi connectivity index (χ3n) is 3.87. The van der Waals surface area contributed by atoms with Gasteiger partial charge in [-0.1, -0.05) is 12.1 Å². The highest BCUT2D eigenvalue weighted by Crippen LogP contribution is 2.19. The van der Waals surface area contributed by atoms with E-state index in [2.05, 4.69) is 10.2 Å². The van der Waals surface area contributed by atoms with Crippen LogP contribution in [0, 0.1) is 0 Å². The summed E-state index contributed by atoms with van der Waals surface area (Å²) in [6, 6.07) is 6.98. The van der Waals surface area contributed by atoms with Gasteiger partial charge in [0.1, 0.15) is 6.61 Å². The van der Waals surface area contributed by atoms with Crippen molar-refractivity contribution in [3.8, 4) is 0 Å². The number of carbonyl (C=O) groups excluding carboxylic acids is 1. The lowest BCUT2D eigenvalue weighted by Gasteiger charge is -2.25. The molecule has 114 valence electrons. The molecule has 1 aromatic carbocycles. The average Bonchev–Trinajstić information content (AvgIpc) is 2.79. The van der Waals surface area contributed by atoms with E-state index in [1.54, 1.807) is 12.1 Å². The second-order valence-electron chi connectivity index (χ2n) is 5.63. The number of sulfone groups is 1. The number of likely N-dealkylation sites (tertiary alicyclic amines) is 1. The number of amides is 1. The van der Waals surface area contributed by atoms with Gasteiger partial charge in [-0.3, -0.25) is 9.69 Å². The molecule has 2 heterocycles. The normalized spacial score (nSPS) is 26.4. The number of ether oxygens (including phenoxy) is 1. The molecule has 3 rings (SSSR count). The Morgan fingerprint density at radius 3 is 2.67 bits per heavy atom. The Bertz CT molecular complexity index is 641. The smallest absolute Gasteiger partial charge is 0.246 e. The molecule has 2 saturated heterocycles. The van der Waals surface area contributed by atoms with Crippen molar-refractivity contribution in [3.05, 3.63) is 29.8 Å². The quantitative estimate of drug-likeness (QED) is 0.836. The predicted octanol–water partition coefficient (Wildman–Crippen LogP) is -0.211. The standard InChI is InChI=1S/C14H18N2O4S/c1-21(18,19)11-4-2-10(3-5-11)6-16-7-12-13(8-16)20-9-14(17)15-12/h2-5,12-13H,6-9H2,1H3,(H,15,17)/t12-,13-/m0/s1. The van der Waals surface area contributed by atoms with Crippen molar-refractivity contribution in [3.63, 3.8) is 0 Å². The van der Waals surface area contributed by atoms with E-state index < -0.39 is 9.84 Å². The first kappa shape index (κ1) is 14.5. The molecule has 0 spiro atoms. The molecule has 6 nitrogen and oxygen atoms in total. The second-order valence-corrected chi connectivity index (χ2v) is 7.65. The molecule has 0 aromatic heterocycles. The van der Waals surface area contributed by atoms with Crippen LogP contribution in [0.3, 0.4) is 0 Å². The van der Waals surface area contributed by atoms with Gasteiger partial charge in [0.15, 0.2) is 9.84 Å². The summed E-state index contributed by atoms with van der Waals surface area (Å²) < 4.78 is 28.4. The number of hydrogen-bond acceptors (Lipinski definition) is 5. The van der Waals surface area contributed by atoms with Crippen LogP contribution < -0.4 is 5.32 Å². The molecular formula is C14H18N2O4S. The Hall–Kier alpha value is -1.44. The molecule has 0 saturated carbocycles. The van der Waals surface area contributed by atoms with Crippen LogP contribution in [0.5, 0.6) is 0 Å². The van der Waals surface area contributed by atoms with Crippen LogP contribution in [0.4, 0.5) is 0 Å². The van der Waals surface area contributed by atoms with E-state index in [0.717, 1.165) is 25.2 Å². The highest BCUT2D eigenvalue weighted by molar-refractivity contribution is 7.90. The largest absolute Gasteiger partial charge is 0.365 e. The second kappa shape index (κ2) is 5.40. The lowest BCUT2D eigenvalue weighted by Crippen LogP contribution is -2.50. The van der Waals surface area contributed by atoms with Crippen molar-refractivity contribution in [1.82, 2.24) is 10.2 Å². The molecule has 0 unspecified atom stereocenters. The summed E-state index contributed by atoms with van der Waals surface area (Å²) in [5.41, 5.74) is 1.05. The summed E-state index contributed by atoms with van der Waals surface area (Å²) in [6.07, 6.45) is 1.26. The first-order chi connectivity index (χ1) is 9.91. The minimum atomic E-state index is -3.15.